The molecule has 1 aromatic carbocycles. The van der Waals surface area contributed by atoms with Crippen LogP contribution in [0.2, 0.25) is 0 Å². The molecular formula is C16H23NO. The zero-order valence-corrected chi connectivity index (χ0v) is 11.2. The Hall–Kier alpha value is -1.02. The van der Waals surface area contributed by atoms with Gasteiger partial charge < -0.3 is 10.1 Å². The van der Waals surface area contributed by atoms with Crippen molar-refractivity contribution in [2.75, 3.05) is 13.7 Å². The van der Waals surface area contributed by atoms with Gasteiger partial charge in [0.1, 0.15) is 5.75 Å². The first-order valence-electron chi connectivity index (χ1n) is 7.29. The van der Waals surface area contributed by atoms with Gasteiger partial charge in [-0.2, -0.15) is 0 Å². The van der Waals surface area contributed by atoms with E-state index >= 15 is 0 Å². The maximum atomic E-state index is 5.59. The molecule has 1 saturated carbocycles. The van der Waals surface area contributed by atoms with Gasteiger partial charge in [-0.05, 0) is 43.4 Å². The van der Waals surface area contributed by atoms with Crippen LogP contribution in [0.1, 0.15) is 49.3 Å². The summed E-state index contributed by atoms with van der Waals surface area (Å²) in [5, 5.41) is 3.74. The SMILES string of the molecule is COc1cccc2c1C(C1CCCCC1)NCC2. The summed E-state index contributed by atoms with van der Waals surface area (Å²) < 4.78 is 5.59. The number of ether oxygens (including phenoxy) is 1. The van der Waals surface area contributed by atoms with E-state index < -0.39 is 0 Å². The van der Waals surface area contributed by atoms with Crippen LogP contribution in [0.5, 0.6) is 5.75 Å². The second-order valence-corrected chi connectivity index (χ2v) is 5.61. The lowest BCUT2D eigenvalue weighted by atomic mass is 9.78. The zero-order chi connectivity index (χ0) is 12.4. The topological polar surface area (TPSA) is 21.3 Å². The molecule has 3 rings (SSSR count). The van der Waals surface area contributed by atoms with Gasteiger partial charge in [0.2, 0.25) is 0 Å². The Bertz CT molecular complexity index is 395. The molecule has 1 fully saturated rings. The summed E-state index contributed by atoms with van der Waals surface area (Å²) in [5.74, 6) is 1.88. The highest BCUT2D eigenvalue weighted by atomic mass is 16.5. The van der Waals surface area contributed by atoms with Gasteiger partial charge in [0.05, 0.1) is 7.11 Å². The van der Waals surface area contributed by atoms with Crippen LogP contribution in [0.25, 0.3) is 0 Å². The van der Waals surface area contributed by atoms with Gasteiger partial charge in [-0.15, -0.1) is 0 Å². The Morgan fingerprint density at radius 2 is 2.00 bits per heavy atom. The van der Waals surface area contributed by atoms with E-state index in [-0.39, 0.29) is 0 Å². The van der Waals surface area contributed by atoms with Gasteiger partial charge in [-0.3, -0.25) is 0 Å². The summed E-state index contributed by atoms with van der Waals surface area (Å²) in [4.78, 5) is 0. The first-order valence-corrected chi connectivity index (χ1v) is 7.29. The van der Waals surface area contributed by atoms with Crippen LogP contribution in [0, 0.1) is 5.92 Å². The van der Waals surface area contributed by atoms with Crippen molar-refractivity contribution in [1.29, 1.82) is 0 Å². The highest BCUT2D eigenvalue weighted by molar-refractivity contribution is 5.44. The fourth-order valence-corrected chi connectivity index (χ4v) is 3.67. The Morgan fingerprint density at radius 1 is 1.17 bits per heavy atom. The molecule has 1 unspecified atom stereocenters. The number of fused-ring (bicyclic) bond motifs is 1. The Balaban J connectivity index is 1.94. The van der Waals surface area contributed by atoms with Crippen molar-refractivity contribution in [2.45, 2.75) is 44.6 Å². The minimum absolute atomic E-state index is 0.519. The summed E-state index contributed by atoms with van der Waals surface area (Å²) in [5.41, 5.74) is 2.93. The van der Waals surface area contributed by atoms with Crippen molar-refractivity contribution in [2.24, 2.45) is 5.92 Å². The molecule has 1 aliphatic heterocycles. The molecule has 2 aliphatic rings. The molecule has 2 heteroatoms. The predicted molar refractivity (Wildman–Crippen MR) is 74.0 cm³/mol. The summed E-state index contributed by atoms with van der Waals surface area (Å²) in [7, 11) is 1.79. The first-order chi connectivity index (χ1) is 8.90. The van der Waals surface area contributed by atoms with Crippen molar-refractivity contribution in [3.63, 3.8) is 0 Å². The molecule has 98 valence electrons. The lowest BCUT2D eigenvalue weighted by Gasteiger charge is -2.36. The maximum Gasteiger partial charge on any atom is 0.123 e. The first kappa shape index (κ1) is 12.0. The largest absolute Gasteiger partial charge is 0.496 e. The molecule has 1 N–H and O–H groups in total. The number of methoxy groups -OCH3 is 1. The van der Waals surface area contributed by atoms with Crippen LogP contribution in [0.3, 0.4) is 0 Å². The van der Waals surface area contributed by atoms with Crippen molar-refractivity contribution in [3.05, 3.63) is 29.3 Å². The highest BCUT2D eigenvalue weighted by Gasteiger charge is 2.30. The normalized spacial score (nSPS) is 24.6. The van der Waals surface area contributed by atoms with E-state index in [1.165, 1.54) is 43.2 Å². The van der Waals surface area contributed by atoms with E-state index in [1.54, 1.807) is 7.11 Å². The average Bonchev–Trinajstić information content (AvgIpc) is 2.47. The molecule has 1 aliphatic carbocycles. The fraction of sp³-hybridized carbons (Fsp3) is 0.625. The lowest BCUT2D eigenvalue weighted by Crippen LogP contribution is -2.36. The molecule has 0 aromatic heterocycles. The van der Waals surface area contributed by atoms with E-state index in [1.807, 2.05) is 0 Å². The van der Waals surface area contributed by atoms with Crippen molar-refractivity contribution in [1.82, 2.24) is 5.32 Å². The zero-order valence-electron chi connectivity index (χ0n) is 11.2. The third-order valence-corrected chi connectivity index (χ3v) is 4.57. The molecule has 0 spiro atoms. The summed E-state index contributed by atoms with van der Waals surface area (Å²) in [6.07, 6.45) is 8.09. The van der Waals surface area contributed by atoms with Crippen LogP contribution in [-0.2, 0) is 6.42 Å². The Morgan fingerprint density at radius 3 is 2.78 bits per heavy atom. The van der Waals surface area contributed by atoms with Gasteiger partial charge in [0, 0.05) is 11.6 Å². The van der Waals surface area contributed by atoms with E-state index in [9.17, 15) is 0 Å². The van der Waals surface area contributed by atoms with Crippen LogP contribution in [0.4, 0.5) is 0 Å². The predicted octanol–water partition coefficient (Wildman–Crippen LogP) is 3.46. The standard InChI is InChI=1S/C16H23NO/c1-18-14-9-5-8-12-10-11-17-16(15(12)14)13-6-3-2-4-7-13/h5,8-9,13,16-17H,2-4,6-7,10-11H2,1H3. The third-order valence-electron chi connectivity index (χ3n) is 4.57. The van der Waals surface area contributed by atoms with Crippen LogP contribution < -0.4 is 10.1 Å². The van der Waals surface area contributed by atoms with Crippen LogP contribution in [-0.4, -0.2) is 13.7 Å². The fourth-order valence-electron chi connectivity index (χ4n) is 3.67. The Labute approximate surface area is 110 Å². The number of rotatable bonds is 2. The minimum Gasteiger partial charge on any atom is -0.496 e. The van der Waals surface area contributed by atoms with Gasteiger partial charge in [0.15, 0.2) is 0 Å². The molecule has 1 heterocycles. The van der Waals surface area contributed by atoms with E-state index in [2.05, 4.69) is 23.5 Å². The Kier molecular flexibility index (Phi) is 3.55. The van der Waals surface area contributed by atoms with E-state index in [0.29, 0.717) is 6.04 Å². The average molecular weight is 245 g/mol. The minimum atomic E-state index is 0.519. The second-order valence-electron chi connectivity index (χ2n) is 5.61. The smallest absolute Gasteiger partial charge is 0.123 e. The number of hydrogen-bond acceptors (Lipinski definition) is 2. The highest BCUT2D eigenvalue weighted by Crippen LogP contribution is 2.41. The number of nitrogens with one attached hydrogen (secondary N) is 1. The van der Waals surface area contributed by atoms with Crippen LogP contribution >= 0.6 is 0 Å². The monoisotopic (exact) mass is 245 g/mol. The van der Waals surface area contributed by atoms with Crippen LogP contribution in [0.15, 0.2) is 18.2 Å². The molecule has 2 nitrogen and oxygen atoms in total. The molecule has 0 bridgehead atoms. The summed E-state index contributed by atoms with van der Waals surface area (Å²) in [6, 6.07) is 7.03. The lowest BCUT2D eigenvalue weighted by molar-refractivity contribution is 0.258. The van der Waals surface area contributed by atoms with E-state index in [0.717, 1.165) is 24.6 Å². The molecular weight excluding hydrogens is 222 g/mol. The quantitative estimate of drug-likeness (QED) is 0.861. The molecule has 1 aromatic rings. The van der Waals surface area contributed by atoms with Gasteiger partial charge in [0.25, 0.3) is 0 Å². The molecule has 0 amide bonds. The molecule has 18 heavy (non-hydrogen) atoms. The van der Waals surface area contributed by atoms with Gasteiger partial charge in [-0.1, -0.05) is 31.4 Å². The van der Waals surface area contributed by atoms with Gasteiger partial charge in [-0.25, -0.2) is 0 Å². The molecule has 0 saturated heterocycles. The second kappa shape index (κ2) is 5.31. The number of hydrogen-bond donors (Lipinski definition) is 1. The third kappa shape index (κ3) is 2.14. The van der Waals surface area contributed by atoms with Crippen molar-refractivity contribution < 1.29 is 4.74 Å². The van der Waals surface area contributed by atoms with E-state index in [4.69, 9.17) is 4.74 Å². The number of benzene rings is 1. The maximum absolute atomic E-state index is 5.59. The van der Waals surface area contributed by atoms with Gasteiger partial charge >= 0.3 is 0 Å². The summed E-state index contributed by atoms with van der Waals surface area (Å²) >= 11 is 0. The van der Waals surface area contributed by atoms with Crippen molar-refractivity contribution >= 4 is 0 Å². The molecule has 1 atom stereocenters. The van der Waals surface area contributed by atoms with Crippen molar-refractivity contribution in [3.8, 4) is 5.75 Å². The molecule has 0 radical (unpaired) electrons. The summed E-state index contributed by atoms with van der Waals surface area (Å²) in [6.45, 7) is 1.11.